The molecule has 4 heteroatoms. The highest BCUT2D eigenvalue weighted by Gasteiger charge is 2.16. The van der Waals surface area contributed by atoms with E-state index in [1.165, 1.54) is 6.92 Å². The second-order valence-electron chi connectivity index (χ2n) is 4.44. The Bertz CT molecular complexity index is 599. The van der Waals surface area contributed by atoms with E-state index in [-0.39, 0.29) is 11.9 Å². The molecule has 0 radical (unpaired) electrons. The zero-order valence-electron chi connectivity index (χ0n) is 11.4. The van der Waals surface area contributed by atoms with Gasteiger partial charge in [0.25, 0.3) is 0 Å². The first-order valence-electron chi connectivity index (χ1n) is 6.27. The second-order valence-corrected chi connectivity index (χ2v) is 5.29. The van der Waals surface area contributed by atoms with Crippen molar-refractivity contribution in [2.24, 2.45) is 0 Å². The van der Waals surface area contributed by atoms with Crippen LogP contribution in [-0.2, 0) is 4.79 Å². The lowest BCUT2D eigenvalue weighted by atomic mass is 9.98. The maximum Gasteiger partial charge on any atom is 0.217 e. The van der Waals surface area contributed by atoms with Gasteiger partial charge < -0.3 is 10.1 Å². The highest BCUT2D eigenvalue weighted by atomic mass is 79.9. The van der Waals surface area contributed by atoms with Crippen molar-refractivity contribution in [1.82, 2.24) is 5.32 Å². The molecule has 0 heterocycles. The predicted octanol–water partition coefficient (Wildman–Crippen LogP) is 3.68. The minimum atomic E-state index is -0.170. The Balaban J connectivity index is 2.41. The van der Waals surface area contributed by atoms with Gasteiger partial charge in [0.1, 0.15) is 5.75 Å². The summed E-state index contributed by atoms with van der Waals surface area (Å²) >= 11 is 3.48. The first kappa shape index (κ1) is 14.6. The van der Waals surface area contributed by atoms with Gasteiger partial charge in [-0.05, 0) is 39.2 Å². The molecule has 2 rings (SSSR count). The molecule has 1 amide bonds. The molecule has 0 aliphatic carbocycles. The number of amides is 1. The fourth-order valence-electron chi connectivity index (χ4n) is 2.07. The lowest BCUT2D eigenvalue weighted by molar-refractivity contribution is -0.119. The molecule has 0 saturated carbocycles. The topological polar surface area (TPSA) is 38.3 Å². The van der Waals surface area contributed by atoms with Gasteiger partial charge in [-0.25, -0.2) is 0 Å². The van der Waals surface area contributed by atoms with E-state index >= 15 is 0 Å². The fraction of sp³-hybridized carbons (Fsp3) is 0.188. The van der Waals surface area contributed by atoms with E-state index in [9.17, 15) is 4.79 Å². The van der Waals surface area contributed by atoms with Crippen molar-refractivity contribution in [3.05, 3.63) is 64.1 Å². The number of carbonyl (C=O) groups is 1. The molecule has 0 fully saturated rings. The van der Waals surface area contributed by atoms with Gasteiger partial charge in [0.05, 0.1) is 17.6 Å². The molecule has 0 spiro atoms. The van der Waals surface area contributed by atoms with Gasteiger partial charge >= 0.3 is 0 Å². The van der Waals surface area contributed by atoms with Crippen LogP contribution in [0.1, 0.15) is 24.1 Å². The quantitative estimate of drug-likeness (QED) is 0.926. The maximum atomic E-state index is 11.5. The Labute approximate surface area is 127 Å². The average Bonchev–Trinajstić information content (AvgIpc) is 2.45. The summed E-state index contributed by atoms with van der Waals surface area (Å²) < 4.78 is 6.10. The molecule has 0 aromatic heterocycles. The van der Waals surface area contributed by atoms with E-state index in [1.807, 2.05) is 48.5 Å². The third-order valence-corrected chi connectivity index (χ3v) is 3.61. The molecule has 0 unspecified atom stereocenters. The number of halogens is 1. The summed E-state index contributed by atoms with van der Waals surface area (Å²) in [5, 5.41) is 2.98. The summed E-state index contributed by atoms with van der Waals surface area (Å²) in [5.41, 5.74) is 2.04. The predicted molar refractivity (Wildman–Crippen MR) is 82.8 cm³/mol. The molecule has 2 aromatic carbocycles. The SMILES string of the molecule is COc1ccc([C@@H](NC(C)=O)c2ccccc2)cc1Br. The van der Waals surface area contributed by atoms with Crippen LogP contribution in [0.2, 0.25) is 0 Å². The monoisotopic (exact) mass is 333 g/mol. The van der Waals surface area contributed by atoms with E-state index in [2.05, 4.69) is 21.2 Å². The van der Waals surface area contributed by atoms with Crippen molar-refractivity contribution in [2.75, 3.05) is 7.11 Å². The van der Waals surface area contributed by atoms with Crippen molar-refractivity contribution in [3.63, 3.8) is 0 Å². The first-order chi connectivity index (χ1) is 9.61. The number of carbonyl (C=O) groups excluding carboxylic acids is 1. The smallest absolute Gasteiger partial charge is 0.217 e. The largest absolute Gasteiger partial charge is 0.496 e. The summed E-state index contributed by atoms with van der Waals surface area (Å²) in [7, 11) is 1.63. The molecule has 0 bridgehead atoms. The van der Waals surface area contributed by atoms with Gasteiger partial charge in [-0.1, -0.05) is 36.4 Å². The third-order valence-electron chi connectivity index (χ3n) is 2.99. The molecule has 0 aliphatic heterocycles. The fourth-order valence-corrected chi connectivity index (χ4v) is 2.63. The van der Waals surface area contributed by atoms with Crippen molar-refractivity contribution in [3.8, 4) is 5.75 Å². The lowest BCUT2D eigenvalue weighted by Crippen LogP contribution is -2.26. The number of hydrogen-bond acceptors (Lipinski definition) is 2. The highest BCUT2D eigenvalue weighted by Crippen LogP contribution is 2.30. The van der Waals surface area contributed by atoms with Crippen LogP contribution in [0.4, 0.5) is 0 Å². The van der Waals surface area contributed by atoms with Gasteiger partial charge in [-0.2, -0.15) is 0 Å². The highest BCUT2D eigenvalue weighted by molar-refractivity contribution is 9.10. The number of methoxy groups -OCH3 is 1. The zero-order valence-corrected chi connectivity index (χ0v) is 13.0. The van der Waals surface area contributed by atoms with Crippen LogP contribution >= 0.6 is 15.9 Å². The normalized spacial score (nSPS) is 11.8. The molecule has 1 atom stereocenters. The van der Waals surface area contributed by atoms with Gasteiger partial charge in [-0.3, -0.25) is 4.79 Å². The van der Waals surface area contributed by atoms with E-state index in [1.54, 1.807) is 7.11 Å². The summed E-state index contributed by atoms with van der Waals surface area (Å²) in [4.78, 5) is 11.5. The number of ether oxygens (including phenoxy) is 1. The summed E-state index contributed by atoms with van der Waals surface area (Å²) in [6, 6.07) is 15.5. The maximum absolute atomic E-state index is 11.5. The Morgan fingerprint density at radius 3 is 2.40 bits per heavy atom. The number of benzene rings is 2. The standard InChI is InChI=1S/C16H16BrNO2/c1-11(19)18-16(12-6-4-3-5-7-12)13-8-9-15(20-2)14(17)10-13/h3-10,16H,1-2H3,(H,18,19)/t16-/m0/s1. The van der Waals surface area contributed by atoms with E-state index in [4.69, 9.17) is 4.74 Å². The molecule has 20 heavy (non-hydrogen) atoms. The molecule has 104 valence electrons. The Morgan fingerprint density at radius 2 is 1.85 bits per heavy atom. The molecule has 3 nitrogen and oxygen atoms in total. The first-order valence-corrected chi connectivity index (χ1v) is 7.06. The van der Waals surface area contributed by atoms with Crippen LogP contribution in [0.25, 0.3) is 0 Å². The number of hydrogen-bond donors (Lipinski definition) is 1. The molecule has 0 aliphatic rings. The molecule has 0 saturated heterocycles. The minimum Gasteiger partial charge on any atom is -0.496 e. The van der Waals surface area contributed by atoms with Crippen LogP contribution in [-0.4, -0.2) is 13.0 Å². The van der Waals surface area contributed by atoms with Crippen LogP contribution < -0.4 is 10.1 Å². The van der Waals surface area contributed by atoms with Crippen LogP contribution in [0.5, 0.6) is 5.75 Å². The van der Waals surface area contributed by atoms with Crippen molar-refractivity contribution >= 4 is 21.8 Å². The van der Waals surface area contributed by atoms with Gasteiger partial charge in [0.15, 0.2) is 0 Å². The Kier molecular flexibility index (Phi) is 4.79. The van der Waals surface area contributed by atoms with Crippen molar-refractivity contribution in [1.29, 1.82) is 0 Å². The second kappa shape index (κ2) is 6.57. The van der Waals surface area contributed by atoms with Crippen molar-refractivity contribution < 1.29 is 9.53 Å². The number of nitrogens with one attached hydrogen (secondary N) is 1. The summed E-state index contributed by atoms with van der Waals surface area (Å²) in [6.07, 6.45) is 0. The lowest BCUT2D eigenvalue weighted by Gasteiger charge is -2.19. The van der Waals surface area contributed by atoms with Gasteiger partial charge in [0.2, 0.25) is 5.91 Å². The average molecular weight is 334 g/mol. The van der Waals surface area contributed by atoms with Crippen LogP contribution in [0.3, 0.4) is 0 Å². The van der Waals surface area contributed by atoms with Crippen molar-refractivity contribution in [2.45, 2.75) is 13.0 Å². The zero-order chi connectivity index (χ0) is 14.5. The third kappa shape index (κ3) is 3.39. The van der Waals surface area contributed by atoms with Crippen LogP contribution in [0, 0.1) is 0 Å². The molecule has 2 aromatic rings. The van der Waals surface area contributed by atoms with E-state index in [0.717, 1.165) is 21.3 Å². The molecule has 1 N–H and O–H groups in total. The Morgan fingerprint density at radius 1 is 1.15 bits per heavy atom. The Hall–Kier alpha value is -1.81. The van der Waals surface area contributed by atoms with E-state index in [0.29, 0.717) is 0 Å². The van der Waals surface area contributed by atoms with Crippen LogP contribution in [0.15, 0.2) is 53.0 Å². The summed E-state index contributed by atoms with van der Waals surface area (Å²) in [6.45, 7) is 1.52. The summed E-state index contributed by atoms with van der Waals surface area (Å²) in [5.74, 6) is 0.703. The molecular weight excluding hydrogens is 318 g/mol. The van der Waals surface area contributed by atoms with E-state index < -0.39 is 0 Å². The molecular formula is C16H16BrNO2. The van der Waals surface area contributed by atoms with Gasteiger partial charge in [0, 0.05) is 6.92 Å². The minimum absolute atomic E-state index is 0.0641. The van der Waals surface area contributed by atoms with Gasteiger partial charge in [-0.15, -0.1) is 0 Å². The number of rotatable bonds is 4.